The summed E-state index contributed by atoms with van der Waals surface area (Å²) in [4.78, 5) is 0. The van der Waals surface area contributed by atoms with E-state index in [9.17, 15) is 10.2 Å². The molecule has 0 amide bonds. The van der Waals surface area contributed by atoms with Crippen molar-refractivity contribution in [2.24, 2.45) is 29.6 Å². The Bertz CT molecular complexity index is 386. The molecule has 2 heteroatoms. The molecule has 2 saturated carbocycles. The lowest BCUT2D eigenvalue weighted by molar-refractivity contribution is -0.0926. The second-order valence-electron chi connectivity index (χ2n) is 6.15. The number of fused-ring (bicyclic) bond motifs is 4. The highest BCUT2D eigenvalue weighted by molar-refractivity contribution is 5.25. The quantitative estimate of drug-likeness (QED) is 0.655. The second kappa shape index (κ2) is 2.80. The zero-order chi connectivity index (χ0) is 10.9. The zero-order valence-corrected chi connectivity index (χ0v) is 9.29. The summed E-state index contributed by atoms with van der Waals surface area (Å²) in [6, 6.07) is 0. The highest BCUT2D eigenvalue weighted by Gasteiger charge is 2.59. The Balaban J connectivity index is 1.71. The molecule has 2 N–H and O–H groups in total. The standard InChI is InChI=1S/C14H18O2/c15-13-10-3-2-9(6-10)12(13)14(16)7-8-1-4-11(14)5-8/h1-4,8-13,15-16H,5-7H2/t8-,9-,10-,11-,12+,13+,14-/m0/s1. The summed E-state index contributed by atoms with van der Waals surface area (Å²) in [5.41, 5.74) is -0.622. The van der Waals surface area contributed by atoms with Crippen molar-refractivity contribution in [2.75, 3.05) is 0 Å². The molecule has 0 saturated heterocycles. The number of rotatable bonds is 1. The molecular formula is C14H18O2. The first-order valence-electron chi connectivity index (χ1n) is 6.45. The van der Waals surface area contributed by atoms with E-state index >= 15 is 0 Å². The van der Waals surface area contributed by atoms with E-state index in [1.54, 1.807) is 0 Å². The van der Waals surface area contributed by atoms with Gasteiger partial charge < -0.3 is 10.2 Å². The van der Waals surface area contributed by atoms with Crippen LogP contribution in [0.3, 0.4) is 0 Å². The van der Waals surface area contributed by atoms with Gasteiger partial charge in [-0.05, 0) is 31.1 Å². The van der Waals surface area contributed by atoms with E-state index in [1.165, 1.54) is 0 Å². The van der Waals surface area contributed by atoms with Crippen molar-refractivity contribution in [1.82, 2.24) is 0 Å². The molecule has 0 unspecified atom stereocenters. The van der Waals surface area contributed by atoms with Crippen LogP contribution in [0.15, 0.2) is 24.3 Å². The van der Waals surface area contributed by atoms with Crippen LogP contribution in [-0.4, -0.2) is 21.9 Å². The van der Waals surface area contributed by atoms with Crippen molar-refractivity contribution in [3.05, 3.63) is 24.3 Å². The van der Waals surface area contributed by atoms with E-state index in [4.69, 9.17) is 0 Å². The molecule has 4 aliphatic rings. The van der Waals surface area contributed by atoms with Crippen molar-refractivity contribution in [3.8, 4) is 0 Å². The monoisotopic (exact) mass is 218 g/mol. The van der Waals surface area contributed by atoms with Crippen LogP contribution in [0.5, 0.6) is 0 Å². The molecule has 0 aromatic heterocycles. The predicted octanol–water partition coefficient (Wildman–Crippen LogP) is 1.50. The maximum Gasteiger partial charge on any atom is 0.0774 e. The second-order valence-corrected chi connectivity index (χ2v) is 6.15. The van der Waals surface area contributed by atoms with Gasteiger partial charge in [-0.15, -0.1) is 0 Å². The SMILES string of the molecule is O[C@H]1[C@H]([C@]2(O)C[C@H]3C=C[C@H]2C3)[C@H]2C=C[C@H]1C2. The van der Waals surface area contributed by atoms with Gasteiger partial charge in [-0.3, -0.25) is 0 Å². The molecule has 0 radical (unpaired) electrons. The lowest BCUT2D eigenvalue weighted by atomic mass is 9.70. The number of hydrogen-bond donors (Lipinski definition) is 2. The minimum atomic E-state index is -0.622. The molecule has 0 aromatic rings. The van der Waals surface area contributed by atoms with Gasteiger partial charge in [0.25, 0.3) is 0 Å². The Labute approximate surface area is 95.7 Å². The number of aliphatic hydroxyl groups is 2. The van der Waals surface area contributed by atoms with E-state index in [-0.39, 0.29) is 12.0 Å². The topological polar surface area (TPSA) is 40.5 Å². The summed E-state index contributed by atoms with van der Waals surface area (Å²) in [6.45, 7) is 0. The molecule has 4 bridgehead atoms. The van der Waals surface area contributed by atoms with E-state index < -0.39 is 5.60 Å². The van der Waals surface area contributed by atoms with Crippen LogP contribution in [-0.2, 0) is 0 Å². The Kier molecular flexibility index (Phi) is 1.65. The summed E-state index contributed by atoms with van der Waals surface area (Å²) in [5.74, 6) is 1.66. The third-order valence-electron chi connectivity index (χ3n) is 5.40. The Morgan fingerprint density at radius 2 is 1.81 bits per heavy atom. The van der Waals surface area contributed by atoms with Crippen LogP contribution >= 0.6 is 0 Å². The normalized spacial score (nSPS) is 61.4. The molecule has 4 rings (SSSR count). The fourth-order valence-corrected chi connectivity index (χ4v) is 4.71. The van der Waals surface area contributed by atoms with Crippen molar-refractivity contribution in [2.45, 2.75) is 31.0 Å². The van der Waals surface area contributed by atoms with Crippen LogP contribution in [0.4, 0.5) is 0 Å². The third kappa shape index (κ3) is 0.957. The molecule has 7 atom stereocenters. The summed E-state index contributed by atoms with van der Waals surface area (Å²) < 4.78 is 0. The number of hydrogen-bond acceptors (Lipinski definition) is 2. The van der Waals surface area contributed by atoms with E-state index in [1.807, 2.05) is 0 Å². The summed E-state index contributed by atoms with van der Waals surface area (Å²) in [5, 5.41) is 21.2. The zero-order valence-electron chi connectivity index (χ0n) is 9.29. The van der Waals surface area contributed by atoms with Crippen LogP contribution in [0.25, 0.3) is 0 Å². The Morgan fingerprint density at radius 1 is 1.00 bits per heavy atom. The maximum atomic E-state index is 10.9. The number of aliphatic hydroxyl groups excluding tert-OH is 1. The Hall–Kier alpha value is -0.600. The molecule has 86 valence electrons. The molecule has 2 fully saturated rings. The average Bonchev–Trinajstić information content (AvgIpc) is 2.92. The lowest BCUT2D eigenvalue weighted by Crippen LogP contribution is -2.49. The molecule has 0 heterocycles. The minimum Gasteiger partial charge on any atom is -0.392 e. The van der Waals surface area contributed by atoms with Gasteiger partial charge in [-0.1, -0.05) is 24.3 Å². The van der Waals surface area contributed by atoms with Gasteiger partial charge in [0, 0.05) is 17.8 Å². The largest absolute Gasteiger partial charge is 0.392 e. The van der Waals surface area contributed by atoms with Gasteiger partial charge in [0.15, 0.2) is 0 Å². The fourth-order valence-electron chi connectivity index (χ4n) is 4.71. The van der Waals surface area contributed by atoms with Crippen LogP contribution in [0, 0.1) is 29.6 Å². The molecule has 4 aliphatic carbocycles. The van der Waals surface area contributed by atoms with Gasteiger partial charge in [0.1, 0.15) is 0 Å². The predicted molar refractivity (Wildman–Crippen MR) is 60.5 cm³/mol. The van der Waals surface area contributed by atoms with Gasteiger partial charge >= 0.3 is 0 Å². The molecular weight excluding hydrogens is 200 g/mol. The highest BCUT2D eigenvalue weighted by atomic mass is 16.3. The van der Waals surface area contributed by atoms with E-state index in [0.717, 1.165) is 19.3 Å². The molecule has 0 aromatic carbocycles. The van der Waals surface area contributed by atoms with Crippen LogP contribution < -0.4 is 0 Å². The van der Waals surface area contributed by atoms with Crippen LogP contribution in [0.2, 0.25) is 0 Å². The summed E-state index contributed by atoms with van der Waals surface area (Å²) >= 11 is 0. The molecule has 16 heavy (non-hydrogen) atoms. The third-order valence-corrected chi connectivity index (χ3v) is 5.40. The maximum absolute atomic E-state index is 10.9. The van der Waals surface area contributed by atoms with Crippen LogP contribution in [0.1, 0.15) is 19.3 Å². The van der Waals surface area contributed by atoms with Crippen molar-refractivity contribution in [1.29, 1.82) is 0 Å². The van der Waals surface area contributed by atoms with E-state index in [2.05, 4.69) is 24.3 Å². The molecule has 0 spiro atoms. The summed E-state index contributed by atoms with van der Waals surface area (Å²) in [7, 11) is 0. The van der Waals surface area contributed by atoms with E-state index in [0.29, 0.717) is 23.7 Å². The van der Waals surface area contributed by atoms with Gasteiger partial charge in [0.2, 0.25) is 0 Å². The summed E-state index contributed by atoms with van der Waals surface area (Å²) in [6.07, 6.45) is 11.5. The first-order valence-corrected chi connectivity index (χ1v) is 6.45. The van der Waals surface area contributed by atoms with Crippen molar-refractivity contribution >= 4 is 0 Å². The average molecular weight is 218 g/mol. The smallest absolute Gasteiger partial charge is 0.0774 e. The van der Waals surface area contributed by atoms with Gasteiger partial charge in [0.05, 0.1) is 11.7 Å². The van der Waals surface area contributed by atoms with Crippen molar-refractivity contribution in [3.63, 3.8) is 0 Å². The minimum absolute atomic E-state index is 0.0856. The van der Waals surface area contributed by atoms with Crippen molar-refractivity contribution < 1.29 is 10.2 Å². The first-order chi connectivity index (χ1) is 7.68. The number of allylic oxidation sites excluding steroid dienone is 2. The lowest BCUT2D eigenvalue weighted by Gasteiger charge is -2.41. The first kappa shape index (κ1) is 9.43. The van der Waals surface area contributed by atoms with Gasteiger partial charge in [-0.25, -0.2) is 0 Å². The Morgan fingerprint density at radius 3 is 2.38 bits per heavy atom. The van der Waals surface area contributed by atoms with Gasteiger partial charge in [-0.2, -0.15) is 0 Å². The molecule has 0 aliphatic heterocycles. The fraction of sp³-hybridized carbons (Fsp3) is 0.714. The molecule has 2 nitrogen and oxygen atoms in total. The highest BCUT2D eigenvalue weighted by Crippen LogP contribution is 2.58.